The van der Waals surface area contributed by atoms with Gasteiger partial charge in [0.25, 0.3) is 0 Å². The molecule has 30 heavy (non-hydrogen) atoms. The highest BCUT2D eigenvalue weighted by atomic mass is 19.4. The highest BCUT2D eigenvalue weighted by Crippen LogP contribution is 2.39. The van der Waals surface area contributed by atoms with Crippen molar-refractivity contribution >= 4 is 5.83 Å². The molecule has 0 spiro atoms. The molecular formula is C22H26F6O2. The lowest BCUT2D eigenvalue weighted by atomic mass is 9.75. The number of halogens is 6. The third-order valence-corrected chi connectivity index (χ3v) is 6.04. The molecule has 0 bridgehead atoms. The minimum absolute atomic E-state index is 0.0290. The maximum Gasteiger partial charge on any atom is 0.412 e. The van der Waals surface area contributed by atoms with E-state index < -0.39 is 41.6 Å². The Hall–Kier alpha value is -1.54. The van der Waals surface area contributed by atoms with Crippen molar-refractivity contribution in [3.8, 4) is 0 Å². The fourth-order valence-electron chi connectivity index (χ4n) is 4.51. The molecule has 0 amide bonds. The Labute approximate surface area is 172 Å². The lowest BCUT2D eigenvalue weighted by Gasteiger charge is -2.37. The van der Waals surface area contributed by atoms with Gasteiger partial charge in [0.05, 0.1) is 24.9 Å². The van der Waals surface area contributed by atoms with Crippen LogP contribution in [-0.4, -0.2) is 19.4 Å². The number of rotatable bonds is 5. The Morgan fingerprint density at radius 3 is 2.07 bits per heavy atom. The van der Waals surface area contributed by atoms with Gasteiger partial charge in [0.1, 0.15) is 17.5 Å². The van der Waals surface area contributed by atoms with Gasteiger partial charge in [0.15, 0.2) is 6.29 Å². The van der Waals surface area contributed by atoms with Gasteiger partial charge in [-0.3, -0.25) is 0 Å². The fourth-order valence-corrected chi connectivity index (χ4v) is 4.51. The van der Waals surface area contributed by atoms with Crippen molar-refractivity contribution in [2.75, 3.05) is 13.2 Å². The summed E-state index contributed by atoms with van der Waals surface area (Å²) in [5.41, 5.74) is -1.38. The predicted octanol–water partition coefficient (Wildman–Crippen LogP) is 7.11. The number of allylic oxidation sites excluding steroid dienone is 1. The molecular weight excluding hydrogens is 410 g/mol. The van der Waals surface area contributed by atoms with E-state index in [1.807, 2.05) is 0 Å². The Bertz CT molecular complexity index is 721. The van der Waals surface area contributed by atoms with E-state index in [9.17, 15) is 26.3 Å². The van der Waals surface area contributed by atoms with Gasteiger partial charge in [-0.15, -0.1) is 0 Å². The van der Waals surface area contributed by atoms with Crippen molar-refractivity contribution in [3.63, 3.8) is 0 Å². The molecule has 0 atom stereocenters. The van der Waals surface area contributed by atoms with Crippen LogP contribution in [0.5, 0.6) is 0 Å². The van der Waals surface area contributed by atoms with Crippen LogP contribution >= 0.6 is 0 Å². The minimum atomic E-state index is -5.03. The van der Waals surface area contributed by atoms with Crippen molar-refractivity contribution in [3.05, 3.63) is 41.0 Å². The second-order valence-electron chi connectivity index (χ2n) is 8.22. The smallest absolute Gasteiger partial charge is 0.348 e. The maximum absolute atomic E-state index is 14.2. The van der Waals surface area contributed by atoms with Gasteiger partial charge in [0.2, 0.25) is 0 Å². The molecule has 1 saturated carbocycles. The molecule has 8 heteroatoms. The average molecular weight is 436 g/mol. The van der Waals surface area contributed by atoms with E-state index >= 15 is 0 Å². The standard InChI is InChI=1S/C22H26F6O2/c1-2-3-13-4-6-14(7-5-13)16-11-29-21(30-12-16)15-8-17(23)20(18(24)9-15)19(25)10-22(26,27)28/h8-10,13-14,16,21H,2-7,11-12H2,1H3/b19-10-. The zero-order chi connectivity index (χ0) is 21.9. The molecule has 168 valence electrons. The monoisotopic (exact) mass is 436 g/mol. The van der Waals surface area contributed by atoms with E-state index in [1.165, 1.54) is 25.7 Å². The van der Waals surface area contributed by atoms with Crippen LogP contribution in [0.15, 0.2) is 18.2 Å². The third-order valence-electron chi connectivity index (χ3n) is 6.04. The Kier molecular flexibility index (Phi) is 7.50. The molecule has 0 N–H and O–H groups in total. The fraction of sp³-hybridized carbons (Fsp3) is 0.636. The lowest BCUT2D eigenvalue weighted by molar-refractivity contribution is -0.215. The van der Waals surface area contributed by atoms with Crippen LogP contribution in [0, 0.1) is 29.4 Å². The van der Waals surface area contributed by atoms with Crippen molar-refractivity contribution in [1.29, 1.82) is 0 Å². The van der Waals surface area contributed by atoms with Crippen LogP contribution in [-0.2, 0) is 9.47 Å². The molecule has 1 saturated heterocycles. The molecule has 2 aliphatic rings. The summed E-state index contributed by atoms with van der Waals surface area (Å²) in [6.07, 6.45) is 0.187. The minimum Gasteiger partial charge on any atom is -0.348 e. The number of benzene rings is 1. The quantitative estimate of drug-likeness (QED) is 0.458. The molecule has 1 heterocycles. The molecule has 0 unspecified atom stereocenters. The zero-order valence-corrected chi connectivity index (χ0v) is 16.8. The van der Waals surface area contributed by atoms with E-state index in [0.717, 1.165) is 30.9 Å². The van der Waals surface area contributed by atoms with Crippen LogP contribution in [0.25, 0.3) is 5.83 Å². The molecule has 1 aliphatic heterocycles. The van der Waals surface area contributed by atoms with Crippen LogP contribution in [0.3, 0.4) is 0 Å². The first-order valence-electron chi connectivity index (χ1n) is 10.4. The summed E-state index contributed by atoms with van der Waals surface area (Å²) in [6.45, 7) is 2.94. The largest absolute Gasteiger partial charge is 0.412 e. The molecule has 0 aromatic heterocycles. The van der Waals surface area contributed by atoms with E-state index in [2.05, 4.69) is 6.92 Å². The summed E-state index contributed by atoms with van der Waals surface area (Å²) in [7, 11) is 0. The van der Waals surface area contributed by atoms with Crippen molar-refractivity contribution < 1.29 is 35.8 Å². The molecule has 2 fully saturated rings. The van der Waals surface area contributed by atoms with E-state index in [4.69, 9.17) is 9.47 Å². The highest BCUT2D eigenvalue weighted by molar-refractivity contribution is 5.61. The maximum atomic E-state index is 14.2. The van der Waals surface area contributed by atoms with E-state index in [-0.39, 0.29) is 11.5 Å². The van der Waals surface area contributed by atoms with Crippen LogP contribution < -0.4 is 0 Å². The number of hydrogen-bond donors (Lipinski definition) is 0. The Morgan fingerprint density at radius 1 is 1.00 bits per heavy atom. The summed E-state index contributed by atoms with van der Waals surface area (Å²) in [4.78, 5) is 0. The van der Waals surface area contributed by atoms with Gasteiger partial charge in [-0.25, -0.2) is 13.2 Å². The topological polar surface area (TPSA) is 18.5 Å². The average Bonchev–Trinajstić information content (AvgIpc) is 2.67. The SMILES string of the molecule is CCCC1CCC(C2COC(c3cc(F)c(/C(F)=C/C(F)(F)F)c(F)c3)OC2)CC1. The number of alkyl halides is 3. The first kappa shape index (κ1) is 23.1. The normalized spacial score (nSPS) is 28.6. The molecule has 3 rings (SSSR count). The van der Waals surface area contributed by atoms with E-state index in [0.29, 0.717) is 19.1 Å². The summed E-state index contributed by atoms with van der Waals surface area (Å²) in [6, 6.07) is 1.51. The molecule has 2 nitrogen and oxygen atoms in total. The number of ether oxygens (including phenoxy) is 2. The second-order valence-corrected chi connectivity index (χ2v) is 8.22. The third kappa shape index (κ3) is 5.78. The summed E-state index contributed by atoms with van der Waals surface area (Å²) in [5.74, 6) is -3.44. The first-order valence-corrected chi connectivity index (χ1v) is 10.4. The highest BCUT2D eigenvalue weighted by Gasteiger charge is 2.33. The summed E-state index contributed by atoms with van der Waals surface area (Å²) >= 11 is 0. The van der Waals surface area contributed by atoms with Gasteiger partial charge in [0, 0.05) is 11.5 Å². The second kappa shape index (κ2) is 9.73. The summed E-state index contributed by atoms with van der Waals surface area (Å²) in [5, 5.41) is 0. The zero-order valence-electron chi connectivity index (χ0n) is 16.8. The van der Waals surface area contributed by atoms with Gasteiger partial charge < -0.3 is 9.47 Å². The van der Waals surface area contributed by atoms with Gasteiger partial charge >= 0.3 is 6.18 Å². The van der Waals surface area contributed by atoms with Crippen LogP contribution in [0.1, 0.15) is 62.9 Å². The predicted molar refractivity (Wildman–Crippen MR) is 100.0 cm³/mol. The molecule has 1 aromatic carbocycles. The first-order chi connectivity index (χ1) is 14.2. The Balaban J connectivity index is 1.62. The molecule has 0 radical (unpaired) electrons. The van der Waals surface area contributed by atoms with Crippen molar-refractivity contribution in [1.82, 2.24) is 0 Å². The van der Waals surface area contributed by atoms with Crippen LogP contribution in [0.2, 0.25) is 0 Å². The van der Waals surface area contributed by atoms with Gasteiger partial charge in [-0.2, -0.15) is 13.2 Å². The van der Waals surface area contributed by atoms with Gasteiger partial charge in [-0.05, 0) is 36.8 Å². The summed E-state index contributed by atoms with van der Waals surface area (Å²) < 4.78 is 90.1. The molecule has 1 aliphatic carbocycles. The Morgan fingerprint density at radius 2 is 1.57 bits per heavy atom. The van der Waals surface area contributed by atoms with Crippen LogP contribution in [0.4, 0.5) is 26.3 Å². The van der Waals surface area contributed by atoms with Gasteiger partial charge in [-0.1, -0.05) is 32.6 Å². The van der Waals surface area contributed by atoms with E-state index in [1.54, 1.807) is 0 Å². The van der Waals surface area contributed by atoms with Crippen molar-refractivity contribution in [2.24, 2.45) is 17.8 Å². The molecule has 1 aromatic rings. The lowest BCUT2D eigenvalue weighted by Crippen LogP contribution is -2.34. The van der Waals surface area contributed by atoms with Crippen molar-refractivity contribution in [2.45, 2.75) is 57.9 Å². The number of hydrogen-bond acceptors (Lipinski definition) is 2.